The predicted molar refractivity (Wildman–Crippen MR) is 168 cm³/mol. The maximum atomic E-state index is 14.0. The number of likely N-dealkylation sites (N-methyl/N-ethyl adjacent to an activating group) is 2. The van der Waals surface area contributed by atoms with E-state index in [4.69, 9.17) is 0 Å². The Morgan fingerprint density at radius 2 is 1.35 bits per heavy atom. The van der Waals surface area contributed by atoms with Crippen LogP contribution in [0.25, 0.3) is 0 Å². The van der Waals surface area contributed by atoms with E-state index in [1.807, 2.05) is 62.9 Å². The van der Waals surface area contributed by atoms with Gasteiger partial charge in [0.1, 0.15) is 24.2 Å². The van der Waals surface area contributed by atoms with Gasteiger partial charge in [0.15, 0.2) is 0 Å². The molecule has 0 bridgehead atoms. The summed E-state index contributed by atoms with van der Waals surface area (Å²) in [5.41, 5.74) is 0.865. The lowest BCUT2D eigenvalue weighted by Crippen LogP contribution is -2.60. The standard InChI is InChI=1S/C33H53N5O5/c1-9-22(3)28(34-25(6)39)32(42)36(7)24(5)31(41)37(8)27(21-26-17-13-11-14-18-26)30(40)35-29(23(4)10-2)33(43)38-19-15-12-16-20-38/h11,13-14,17-18,22-24,27-29H,9-10,12,15-16,19-21H2,1-8H3,(H,34,39)(H,35,40)/t22-,23-,24-,27-,28-,29-/m0/s1. The van der Waals surface area contributed by atoms with Gasteiger partial charge in [0.25, 0.3) is 0 Å². The van der Waals surface area contributed by atoms with Crippen LogP contribution in [-0.2, 0) is 30.4 Å². The molecule has 0 radical (unpaired) electrons. The van der Waals surface area contributed by atoms with Gasteiger partial charge in [0.2, 0.25) is 29.5 Å². The van der Waals surface area contributed by atoms with E-state index >= 15 is 0 Å². The van der Waals surface area contributed by atoms with Crippen molar-refractivity contribution < 1.29 is 24.0 Å². The first-order valence-electron chi connectivity index (χ1n) is 15.8. The highest BCUT2D eigenvalue weighted by Crippen LogP contribution is 2.19. The number of piperidine rings is 1. The molecule has 1 fully saturated rings. The third-order valence-electron chi connectivity index (χ3n) is 8.96. The monoisotopic (exact) mass is 599 g/mol. The molecule has 1 aromatic carbocycles. The smallest absolute Gasteiger partial charge is 0.245 e. The number of benzene rings is 1. The van der Waals surface area contributed by atoms with Crippen molar-refractivity contribution >= 4 is 29.5 Å². The zero-order chi connectivity index (χ0) is 32.3. The molecule has 1 saturated heterocycles. The third kappa shape index (κ3) is 9.79. The van der Waals surface area contributed by atoms with Crippen LogP contribution in [0.3, 0.4) is 0 Å². The molecule has 2 rings (SSSR count). The number of carbonyl (C=O) groups is 5. The fourth-order valence-electron chi connectivity index (χ4n) is 5.41. The number of rotatable bonds is 14. The number of amides is 5. The summed E-state index contributed by atoms with van der Waals surface area (Å²) in [5, 5.41) is 5.75. The van der Waals surface area contributed by atoms with Crippen LogP contribution < -0.4 is 10.6 Å². The number of carbonyl (C=O) groups excluding carboxylic acids is 5. The number of hydrogen-bond donors (Lipinski definition) is 2. The van der Waals surface area contributed by atoms with Crippen LogP contribution in [0.1, 0.15) is 79.2 Å². The van der Waals surface area contributed by atoms with Gasteiger partial charge in [0, 0.05) is 40.5 Å². The van der Waals surface area contributed by atoms with Gasteiger partial charge in [-0.05, 0) is 43.6 Å². The lowest BCUT2D eigenvalue weighted by Gasteiger charge is -2.37. The van der Waals surface area contributed by atoms with Gasteiger partial charge in [-0.15, -0.1) is 0 Å². The Labute approximate surface area is 257 Å². The van der Waals surface area contributed by atoms with Gasteiger partial charge in [-0.2, -0.15) is 0 Å². The molecule has 0 aromatic heterocycles. The van der Waals surface area contributed by atoms with Crippen LogP contribution >= 0.6 is 0 Å². The summed E-state index contributed by atoms with van der Waals surface area (Å²) in [7, 11) is 3.10. The number of hydrogen-bond acceptors (Lipinski definition) is 5. The van der Waals surface area contributed by atoms with Crippen LogP contribution in [0, 0.1) is 11.8 Å². The first-order chi connectivity index (χ1) is 20.3. The van der Waals surface area contributed by atoms with Crippen molar-refractivity contribution in [2.75, 3.05) is 27.2 Å². The van der Waals surface area contributed by atoms with Crippen molar-refractivity contribution in [3.05, 3.63) is 35.9 Å². The topological polar surface area (TPSA) is 119 Å². The summed E-state index contributed by atoms with van der Waals surface area (Å²) in [6.07, 6.45) is 4.60. The van der Waals surface area contributed by atoms with E-state index < -0.39 is 36.0 Å². The Bertz CT molecular complexity index is 1090. The van der Waals surface area contributed by atoms with Crippen LogP contribution in [0.2, 0.25) is 0 Å². The van der Waals surface area contributed by atoms with Crippen molar-refractivity contribution in [2.45, 2.75) is 104 Å². The summed E-state index contributed by atoms with van der Waals surface area (Å²) in [6.45, 7) is 12.1. The van der Waals surface area contributed by atoms with Crippen LogP contribution in [0.15, 0.2) is 30.3 Å². The molecule has 0 saturated carbocycles. The normalized spacial score (nSPS) is 17.4. The van der Waals surface area contributed by atoms with E-state index in [2.05, 4.69) is 10.6 Å². The van der Waals surface area contributed by atoms with E-state index in [0.717, 1.165) is 24.8 Å². The third-order valence-corrected chi connectivity index (χ3v) is 8.96. The van der Waals surface area contributed by atoms with Crippen molar-refractivity contribution in [3.63, 3.8) is 0 Å². The molecular formula is C33H53N5O5. The molecule has 1 aliphatic rings. The largest absolute Gasteiger partial charge is 0.344 e. The second-order valence-corrected chi connectivity index (χ2v) is 12.1. The molecule has 1 aromatic rings. The Balaban J connectivity index is 2.34. The van der Waals surface area contributed by atoms with E-state index in [0.29, 0.717) is 25.9 Å². The van der Waals surface area contributed by atoms with Crippen molar-refractivity contribution in [1.82, 2.24) is 25.3 Å². The van der Waals surface area contributed by atoms with Crippen molar-refractivity contribution in [2.24, 2.45) is 11.8 Å². The molecule has 0 unspecified atom stereocenters. The lowest BCUT2D eigenvalue weighted by atomic mass is 9.95. The van der Waals surface area contributed by atoms with Crippen LogP contribution in [-0.4, -0.2) is 95.6 Å². The average Bonchev–Trinajstić information content (AvgIpc) is 3.02. The molecule has 1 aliphatic heterocycles. The average molecular weight is 600 g/mol. The van der Waals surface area contributed by atoms with Gasteiger partial charge in [-0.3, -0.25) is 24.0 Å². The first kappa shape index (κ1) is 35.8. The molecule has 240 valence electrons. The predicted octanol–water partition coefficient (Wildman–Crippen LogP) is 3.00. The Kier molecular flexibility index (Phi) is 14.1. The summed E-state index contributed by atoms with van der Waals surface area (Å²) >= 11 is 0. The van der Waals surface area contributed by atoms with Gasteiger partial charge < -0.3 is 25.3 Å². The quantitative estimate of drug-likeness (QED) is 0.341. The van der Waals surface area contributed by atoms with Crippen molar-refractivity contribution in [1.29, 1.82) is 0 Å². The first-order valence-corrected chi connectivity index (χ1v) is 15.8. The Morgan fingerprint density at radius 3 is 1.88 bits per heavy atom. The minimum atomic E-state index is -0.915. The number of nitrogens with one attached hydrogen (secondary N) is 2. The number of nitrogens with zero attached hydrogens (tertiary/aromatic N) is 3. The second-order valence-electron chi connectivity index (χ2n) is 12.1. The summed E-state index contributed by atoms with van der Waals surface area (Å²) in [4.78, 5) is 71.2. The van der Waals surface area contributed by atoms with Gasteiger partial charge in [-0.25, -0.2) is 0 Å². The highest BCUT2D eigenvalue weighted by Gasteiger charge is 2.38. The molecule has 6 atom stereocenters. The molecule has 1 heterocycles. The van der Waals surface area contributed by atoms with Gasteiger partial charge >= 0.3 is 0 Å². The molecule has 5 amide bonds. The lowest BCUT2D eigenvalue weighted by molar-refractivity contribution is -0.149. The maximum absolute atomic E-state index is 14.0. The Hall–Kier alpha value is -3.43. The fraction of sp³-hybridized carbons (Fsp3) is 0.667. The maximum Gasteiger partial charge on any atom is 0.245 e. The zero-order valence-corrected chi connectivity index (χ0v) is 27.4. The minimum Gasteiger partial charge on any atom is -0.344 e. The molecule has 43 heavy (non-hydrogen) atoms. The second kappa shape index (κ2) is 17.0. The van der Waals surface area contributed by atoms with Gasteiger partial charge in [-0.1, -0.05) is 70.9 Å². The van der Waals surface area contributed by atoms with E-state index in [-0.39, 0.29) is 36.0 Å². The molecule has 10 nitrogen and oxygen atoms in total. The molecule has 0 spiro atoms. The molecule has 0 aliphatic carbocycles. The summed E-state index contributed by atoms with van der Waals surface area (Å²) < 4.78 is 0. The fourth-order valence-corrected chi connectivity index (χ4v) is 5.41. The van der Waals surface area contributed by atoms with Crippen LogP contribution in [0.4, 0.5) is 0 Å². The highest BCUT2D eigenvalue weighted by atomic mass is 16.2. The number of likely N-dealkylation sites (tertiary alicyclic amines) is 1. The zero-order valence-electron chi connectivity index (χ0n) is 27.4. The van der Waals surface area contributed by atoms with Gasteiger partial charge in [0.05, 0.1) is 0 Å². The molecular weight excluding hydrogens is 546 g/mol. The summed E-state index contributed by atoms with van der Waals surface area (Å²) in [6, 6.07) is 6.14. The van der Waals surface area contributed by atoms with E-state index in [1.54, 1.807) is 21.0 Å². The molecule has 10 heteroatoms. The van der Waals surface area contributed by atoms with Crippen LogP contribution in [0.5, 0.6) is 0 Å². The van der Waals surface area contributed by atoms with E-state index in [9.17, 15) is 24.0 Å². The molecule has 2 N–H and O–H groups in total. The minimum absolute atomic E-state index is 0.0809. The SMILES string of the molecule is CC[C@H](C)[C@H](NC(=O)[C@H](Cc1ccccc1)N(C)C(=O)[C@H](C)N(C)C(=O)[C@@H](NC(C)=O)[C@@H](C)CC)C(=O)N1CCCCC1. The van der Waals surface area contributed by atoms with E-state index in [1.165, 1.54) is 16.7 Å². The highest BCUT2D eigenvalue weighted by molar-refractivity contribution is 5.95. The summed E-state index contributed by atoms with van der Waals surface area (Å²) in [5.74, 6) is -1.82. The van der Waals surface area contributed by atoms with Crippen molar-refractivity contribution in [3.8, 4) is 0 Å². The Morgan fingerprint density at radius 1 is 0.791 bits per heavy atom.